The molecular formula is C9H15N5O. The van der Waals surface area contributed by atoms with Crippen molar-refractivity contribution in [3.8, 4) is 0 Å². The SMILES string of the molecule is CC(C)(C)N.O=c1[nH]cnc2nc[nH]c12. The summed E-state index contributed by atoms with van der Waals surface area (Å²) in [6.45, 7) is 5.90. The van der Waals surface area contributed by atoms with E-state index < -0.39 is 0 Å². The van der Waals surface area contributed by atoms with Gasteiger partial charge in [0.25, 0.3) is 5.56 Å². The molecule has 15 heavy (non-hydrogen) atoms. The van der Waals surface area contributed by atoms with E-state index in [0.29, 0.717) is 11.2 Å². The van der Waals surface area contributed by atoms with Crippen LogP contribution in [0.5, 0.6) is 0 Å². The molecule has 6 nitrogen and oxygen atoms in total. The van der Waals surface area contributed by atoms with Gasteiger partial charge in [0.05, 0.1) is 12.7 Å². The molecule has 2 aromatic rings. The van der Waals surface area contributed by atoms with Crippen molar-refractivity contribution in [3.05, 3.63) is 23.0 Å². The molecule has 0 aliphatic rings. The van der Waals surface area contributed by atoms with Crippen LogP contribution in [0.2, 0.25) is 0 Å². The molecule has 2 heterocycles. The van der Waals surface area contributed by atoms with Crippen molar-refractivity contribution >= 4 is 11.2 Å². The molecule has 82 valence electrons. The summed E-state index contributed by atoms with van der Waals surface area (Å²) in [6, 6.07) is 0. The quantitative estimate of drug-likeness (QED) is 0.584. The van der Waals surface area contributed by atoms with Gasteiger partial charge in [-0.3, -0.25) is 4.79 Å². The lowest BCUT2D eigenvalue weighted by Crippen LogP contribution is -2.26. The normalized spacial score (nSPS) is 10.9. The number of fused-ring (bicyclic) bond motifs is 1. The summed E-state index contributed by atoms with van der Waals surface area (Å²) in [5.74, 6) is 0. The van der Waals surface area contributed by atoms with Crippen LogP contribution in [0.15, 0.2) is 17.4 Å². The molecule has 0 amide bonds. The highest BCUT2D eigenvalue weighted by Gasteiger charge is 1.97. The van der Waals surface area contributed by atoms with Gasteiger partial charge in [0.1, 0.15) is 0 Å². The number of H-pyrrole nitrogens is 2. The summed E-state index contributed by atoms with van der Waals surface area (Å²) >= 11 is 0. The molecule has 6 heteroatoms. The minimum atomic E-state index is -0.192. The molecule has 0 aromatic carbocycles. The van der Waals surface area contributed by atoms with Crippen LogP contribution < -0.4 is 11.3 Å². The molecule has 2 aromatic heterocycles. The summed E-state index contributed by atoms with van der Waals surface area (Å²) in [4.78, 5) is 23.6. The molecule has 0 aliphatic heterocycles. The van der Waals surface area contributed by atoms with Crippen LogP contribution in [0, 0.1) is 0 Å². The van der Waals surface area contributed by atoms with E-state index in [1.54, 1.807) is 0 Å². The molecule has 0 saturated heterocycles. The minimum Gasteiger partial charge on any atom is -0.339 e. The zero-order chi connectivity index (χ0) is 11.5. The van der Waals surface area contributed by atoms with Gasteiger partial charge in [-0.25, -0.2) is 9.97 Å². The Morgan fingerprint density at radius 1 is 1.20 bits per heavy atom. The number of nitrogens with two attached hydrogens (primary N) is 1. The maximum Gasteiger partial charge on any atom is 0.276 e. The third-order valence-electron chi connectivity index (χ3n) is 1.23. The Hall–Kier alpha value is -1.69. The smallest absolute Gasteiger partial charge is 0.276 e. The molecule has 0 fully saturated rings. The van der Waals surface area contributed by atoms with Gasteiger partial charge in [-0.2, -0.15) is 0 Å². The van der Waals surface area contributed by atoms with E-state index in [-0.39, 0.29) is 11.1 Å². The Bertz CT molecular complexity index is 473. The average molecular weight is 209 g/mol. The number of hydrogen-bond acceptors (Lipinski definition) is 4. The van der Waals surface area contributed by atoms with Crippen LogP contribution in [0.1, 0.15) is 20.8 Å². The fraction of sp³-hybridized carbons (Fsp3) is 0.444. The van der Waals surface area contributed by atoms with Gasteiger partial charge in [0.2, 0.25) is 0 Å². The molecule has 4 N–H and O–H groups in total. The second-order valence-electron chi connectivity index (χ2n) is 4.20. The molecule has 0 unspecified atom stereocenters. The van der Waals surface area contributed by atoms with E-state index in [1.165, 1.54) is 12.7 Å². The monoisotopic (exact) mass is 209 g/mol. The van der Waals surface area contributed by atoms with E-state index in [0.717, 1.165) is 0 Å². The lowest BCUT2D eigenvalue weighted by molar-refractivity contribution is 0.580. The van der Waals surface area contributed by atoms with Crippen molar-refractivity contribution in [2.24, 2.45) is 5.73 Å². The van der Waals surface area contributed by atoms with Gasteiger partial charge in [-0.15, -0.1) is 0 Å². The Balaban J connectivity index is 0.000000195. The summed E-state index contributed by atoms with van der Waals surface area (Å²) in [6.07, 6.45) is 2.76. The van der Waals surface area contributed by atoms with Gasteiger partial charge in [-0.05, 0) is 20.8 Å². The van der Waals surface area contributed by atoms with Crippen molar-refractivity contribution in [2.75, 3.05) is 0 Å². The lowest BCUT2D eigenvalue weighted by Gasteiger charge is -2.06. The fourth-order valence-electron chi connectivity index (χ4n) is 0.776. The zero-order valence-corrected chi connectivity index (χ0v) is 9.03. The largest absolute Gasteiger partial charge is 0.339 e. The maximum absolute atomic E-state index is 10.9. The molecule has 0 aliphatic carbocycles. The number of hydrogen-bond donors (Lipinski definition) is 3. The Morgan fingerprint density at radius 3 is 2.13 bits per heavy atom. The van der Waals surface area contributed by atoms with Crippen LogP contribution in [0.4, 0.5) is 0 Å². The molecule has 0 radical (unpaired) electrons. The first-order chi connectivity index (χ1) is 6.88. The lowest BCUT2D eigenvalue weighted by atomic mass is 10.1. The topological polar surface area (TPSA) is 100 Å². The molecule has 0 saturated carbocycles. The number of nitrogens with one attached hydrogen (secondary N) is 2. The highest BCUT2D eigenvalue weighted by molar-refractivity contribution is 5.67. The van der Waals surface area contributed by atoms with Crippen molar-refractivity contribution < 1.29 is 0 Å². The Kier molecular flexibility index (Phi) is 3.21. The van der Waals surface area contributed by atoms with E-state index >= 15 is 0 Å². The van der Waals surface area contributed by atoms with Crippen molar-refractivity contribution in [1.82, 2.24) is 19.9 Å². The number of nitrogens with zero attached hydrogens (tertiary/aromatic N) is 2. The first-order valence-corrected chi connectivity index (χ1v) is 4.53. The summed E-state index contributed by atoms with van der Waals surface area (Å²) in [5, 5.41) is 0. The number of aromatic amines is 2. The minimum absolute atomic E-state index is 0. The molecule has 0 bridgehead atoms. The van der Waals surface area contributed by atoms with Crippen molar-refractivity contribution in [2.45, 2.75) is 26.3 Å². The second-order valence-corrected chi connectivity index (χ2v) is 4.20. The van der Waals surface area contributed by atoms with Crippen molar-refractivity contribution in [3.63, 3.8) is 0 Å². The molecular weight excluding hydrogens is 194 g/mol. The maximum atomic E-state index is 10.9. The summed E-state index contributed by atoms with van der Waals surface area (Å²) < 4.78 is 0. The van der Waals surface area contributed by atoms with Crippen molar-refractivity contribution in [1.29, 1.82) is 0 Å². The summed E-state index contributed by atoms with van der Waals surface area (Å²) in [5.41, 5.74) is 6.03. The van der Waals surface area contributed by atoms with Crippen LogP contribution in [-0.4, -0.2) is 25.5 Å². The number of imidazole rings is 1. The average Bonchev–Trinajstić information content (AvgIpc) is 2.49. The van der Waals surface area contributed by atoms with E-state index in [9.17, 15) is 4.79 Å². The van der Waals surface area contributed by atoms with Gasteiger partial charge in [0.15, 0.2) is 11.2 Å². The predicted molar refractivity (Wildman–Crippen MR) is 58.4 cm³/mol. The van der Waals surface area contributed by atoms with Crippen LogP contribution in [0.25, 0.3) is 11.2 Å². The van der Waals surface area contributed by atoms with Crippen LogP contribution in [-0.2, 0) is 0 Å². The van der Waals surface area contributed by atoms with Gasteiger partial charge >= 0.3 is 0 Å². The fourth-order valence-corrected chi connectivity index (χ4v) is 0.776. The molecule has 2 rings (SSSR count). The first-order valence-electron chi connectivity index (χ1n) is 4.53. The van der Waals surface area contributed by atoms with Crippen LogP contribution >= 0.6 is 0 Å². The van der Waals surface area contributed by atoms with Gasteiger partial charge < -0.3 is 15.7 Å². The van der Waals surface area contributed by atoms with E-state index in [1.807, 2.05) is 20.8 Å². The van der Waals surface area contributed by atoms with Gasteiger partial charge in [-0.1, -0.05) is 0 Å². The highest BCUT2D eigenvalue weighted by Crippen LogP contribution is 1.94. The standard InChI is InChI=1S/C5H4N4O.C4H11N/c10-5-3-4(7-1-6-3)8-2-9-5;1-4(2,3)5/h1-2H,(H2,6,7,8,9,10);5H2,1-3H3. The predicted octanol–water partition coefficient (Wildman–Crippen LogP) is 0.390. The Morgan fingerprint density at radius 2 is 1.67 bits per heavy atom. The van der Waals surface area contributed by atoms with E-state index in [2.05, 4.69) is 19.9 Å². The first kappa shape index (κ1) is 11.4. The highest BCUT2D eigenvalue weighted by atomic mass is 16.1. The third kappa shape index (κ3) is 3.90. The van der Waals surface area contributed by atoms with Gasteiger partial charge in [0, 0.05) is 5.54 Å². The van der Waals surface area contributed by atoms with E-state index in [4.69, 9.17) is 5.73 Å². The second kappa shape index (κ2) is 4.22. The Labute approximate surface area is 86.9 Å². The number of rotatable bonds is 0. The molecule has 0 atom stereocenters. The third-order valence-corrected chi connectivity index (χ3v) is 1.23. The molecule has 0 spiro atoms. The van der Waals surface area contributed by atoms with Crippen LogP contribution in [0.3, 0.4) is 0 Å². The zero-order valence-electron chi connectivity index (χ0n) is 9.03. The summed E-state index contributed by atoms with van der Waals surface area (Å²) in [7, 11) is 0. The number of aromatic nitrogens is 4.